The zero-order valence-corrected chi connectivity index (χ0v) is 14.2. The van der Waals surface area contributed by atoms with Crippen LogP contribution in [0.5, 0.6) is 5.75 Å². The third kappa shape index (κ3) is 4.64. The molecule has 0 N–H and O–H groups in total. The number of carbonyl (C=O) groups is 1. The van der Waals surface area contributed by atoms with E-state index >= 15 is 0 Å². The van der Waals surface area contributed by atoms with Crippen LogP contribution in [-0.2, 0) is 11.2 Å². The van der Waals surface area contributed by atoms with Gasteiger partial charge in [0.1, 0.15) is 13.4 Å². The number of hydrogen-bond acceptors (Lipinski definition) is 2. The van der Waals surface area contributed by atoms with Crippen molar-refractivity contribution in [2.45, 2.75) is 51.7 Å². The third-order valence-electron chi connectivity index (χ3n) is 3.91. The van der Waals surface area contributed by atoms with Gasteiger partial charge >= 0.3 is 0 Å². The molecule has 1 aromatic rings. The van der Waals surface area contributed by atoms with Crippen molar-refractivity contribution in [1.29, 1.82) is 0 Å². The summed E-state index contributed by atoms with van der Waals surface area (Å²) in [5, 5.41) is 0.164. The van der Waals surface area contributed by atoms with Crippen LogP contribution < -0.4 is 4.43 Å². The molecule has 0 aromatic heterocycles. The third-order valence-corrected chi connectivity index (χ3v) is 8.25. The number of hydrogen-bond donors (Lipinski definition) is 0. The van der Waals surface area contributed by atoms with Crippen molar-refractivity contribution in [3.05, 3.63) is 42.0 Å². The molecule has 0 amide bonds. The SMILES string of the molecule is [2H]C(=O)/C=C\CCc1ccccc1O[Si](C)(C)C(C)(C)C. The number of benzene rings is 1. The fourth-order valence-corrected chi connectivity index (χ4v) is 2.66. The van der Waals surface area contributed by atoms with E-state index in [9.17, 15) is 4.79 Å². The molecule has 0 aliphatic carbocycles. The second-order valence-corrected chi connectivity index (χ2v) is 11.3. The van der Waals surface area contributed by atoms with Gasteiger partial charge in [0.2, 0.25) is 8.32 Å². The lowest BCUT2D eigenvalue weighted by Gasteiger charge is -2.37. The minimum Gasteiger partial charge on any atom is -0.543 e. The van der Waals surface area contributed by atoms with E-state index in [1.165, 1.54) is 6.08 Å². The van der Waals surface area contributed by atoms with Crippen LogP contribution in [0.3, 0.4) is 0 Å². The van der Waals surface area contributed by atoms with Gasteiger partial charge in [-0.2, -0.15) is 0 Å². The summed E-state index contributed by atoms with van der Waals surface area (Å²) in [6.45, 7) is 11.2. The monoisotopic (exact) mass is 291 g/mol. The zero-order valence-electron chi connectivity index (χ0n) is 14.2. The van der Waals surface area contributed by atoms with Crippen molar-refractivity contribution in [3.63, 3.8) is 0 Å². The number of aldehydes is 1. The van der Waals surface area contributed by atoms with Gasteiger partial charge in [-0.1, -0.05) is 45.0 Å². The van der Waals surface area contributed by atoms with Crippen LogP contribution in [0.1, 0.15) is 34.1 Å². The van der Waals surface area contributed by atoms with Crippen LogP contribution in [-0.4, -0.2) is 14.6 Å². The van der Waals surface area contributed by atoms with Crippen molar-refractivity contribution in [3.8, 4) is 5.75 Å². The Morgan fingerprint density at radius 1 is 1.30 bits per heavy atom. The molecular formula is C17H26O2Si. The predicted molar refractivity (Wildman–Crippen MR) is 87.8 cm³/mol. The van der Waals surface area contributed by atoms with E-state index in [-0.39, 0.29) is 5.04 Å². The summed E-state index contributed by atoms with van der Waals surface area (Å²) in [6, 6.07) is 8.09. The summed E-state index contributed by atoms with van der Waals surface area (Å²) in [4.78, 5) is 10.6. The molecule has 20 heavy (non-hydrogen) atoms. The summed E-state index contributed by atoms with van der Waals surface area (Å²) in [7, 11) is -1.84. The molecule has 0 aliphatic heterocycles. The fourth-order valence-electron chi connectivity index (χ4n) is 1.61. The topological polar surface area (TPSA) is 26.3 Å². The zero-order chi connectivity index (χ0) is 16.1. The Bertz CT molecular complexity index is 516. The highest BCUT2D eigenvalue weighted by Crippen LogP contribution is 2.38. The van der Waals surface area contributed by atoms with Gasteiger partial charge in [0.15, 0.2) is 0 Å². The Morgan fingerprint density at radius 3 is 2.55 bits per heavy atom. The van der Waals surface area contributed by atoms with Gasteiger partial charge in [0.05, 0.1) is 0 Å². The summed E-state index contributed by atoms with van der Waals surface area (Å²) in [6.07, 6.45) is 3.95. The molecule has 0 heterocycles. The summed E-state index contributed by atoms with van der Waals surface area (Å²) in [5.41, 5.74) is 1.16. The van der Waals surface area contributed by atoms with Crippen molar-refractivity contribution in [2.75, 3.05) is 0 Å². The average molecular weight is 291 g/mol. The van der Waals surface area contributed by atoms with E-state index in [4.69, 9.17) is 5.80 Å². The highest BCUT2D eigenvalue weighted by molar-refractivity contribution is 6.74. The van der Waals surface area contributed by atoms with Gasteiger partial charge in [-0.05, 0) is 48.7 Å². The molecular weight excluding hydrogens is 264 g/mol. The Hall–Kier alpha value is -1.35. The molecule has 3 heteroatoms. The maximum atomic E-state index is 10.6. The van der Waals surface area contributed by atoms with Gasteiger partial charge in [-0.25, -0.2) is 0 Å². The highest BCUT2D eigenvalue weighted by Gasteiger charge is 2.39. The van der Waals surface area contributed by atoms with Gasteiger partial charge in [0.25, 0.3) is 0 Å². The van der Waals surface area contributed by atoms with Crippen LogP contribution in [0.2, 0.25) is 18.1 Å². The largest absolute Gasteiger partial charge is 0.543 e. The van der Waals surface area contributed by atoms with Crippen LogP contribution in [0.25, 0.3) is 0 Å². The van der Waals surface area contributed by atoms with E-state index in [1.54, 1.807) is 6.08 Å². The summed E-state index contributed by atoms with van der Waals surface area (Å²) >= 11 is 0. The van der Waals surface area contributed by atoms with Crippen LogP contribution in [0, 0.1) is 0 Å². The molecule has 0 radical (unpaired) electrons. The molecule has 0 fully saturated rings. The standard InChI is InChI=1S/C17H26O2Si/c1-17(2,3)20(4,5)19-16-13-9-8-12-15(16)11-7-6-10-14-18/h6,8-10,12-14H,7,11H2,1-5H3/b10-6-/i14D. The first-order chi connectivity index (χ1) is 9.63. The van der Waals surface area contributed by atoms with Crippen LogP contribution in [0.4, 0.5) is 0 Å². The molecule has 1 aromatic carbocycles. The first-order valence-corrected chi connectivity index (χ1v) is 9.98. The predicted octanol–water partition coefficient (Wildman–Crippen LogP) is 4.76. The number of para-hydroxylation sites is 1. The van der Waals surface area contributed by atoms with Gasteiger partial charge in [-0.3, -0.25) is 4.79 Å². The molecule has 1 rings (SSSR count). The Balaban J connectivity index is 2.83. The molecule has 110 valence electrons. The van der Waals surface area contributed by atoms with E-state index < -0.39 is 14.6 Å². The Labute approximate surface area is 125 Å². The van der Waals surface area contributed by atoms with E-state index in [0.29, 0.717) is 0 Å². The average Bonchev–Trinajstić information content (AvgIpc) is 2.34. The van der Waals surface area contributed by atoms with Crippen molar-refractivity contribution < 1.29 is 10.6 Å². The van der Waals surface area contributed by atoms with Crippen LogP contribution >= 0.6 is 0 Å². The van der Waals surface area contributed by atoms with Crippen molar-refractivity contribution >= 4 is 14.6 Å². The van der Waals surface area contributed by atoms with E-state index in [1.807, 2.05) is 18.2 Å². The number of allylic oxidation sites excluding steroid dienone is 2. The maximum absolute atomic E-state index is 10.6. The van der Waals surface area contributed by atoms with E-state index in [0.717, 1.165) is 24.2 Å². The van der Waals surface area contributed by atoms with Crippen molar-refractivity contribution in [2.24, 2.45) is 0 Å². The Kier molecular flexibility index (Phi) is 5.18. The van der Waals surface area contributed by atoms with Crippen molar-refractivity contribution in [1.82, 2.24) is 0 Å². The number of rotatable bonds is 6. The fraction of sp³-hybridized carbons (Fsp3) is 0.471. The first kappa shape index (κ1) is 15.0. The van der Waals surface area contributed by atoms with Crippen LogP contribution in [0.15, 0.2) is 36.4 Å². The number of aryl methyl sites for hydroxylation is 1. The minimum absolute atomic E-state index is 0.164. The van der Waals surface area contributed by atoms with Gasteiger partial charge in [0, 0.05) is 0 Å². The molecule has 0 unspecified atom stereocenters. The molecule has 0 atom stereocenters. The molecule has 0 spiro atoms. The maximum Gasteiger partial charge on any atom is 0.250 e. The lowest BCUT2D eigenvalue weighted by molar-refractivity contribution is -0.104. The van der Waals surface area contributed by atoms with E-state index in [2.05, 4.69) is 39.9 Å². The molecule has 0 saturated heterocycles. The molecule has 0 bridgehead atoms. The number of carbonyl (C=O) groups excluding carboxylic acids is 1. The minimum atomic E-state index is -1.84. The first-order valence-electron chi connectivity index (χ1n) is 7.57. The summed E-state index contributed by atoms with van der Waals surface area (Å²) < 4.78 is 13.2. The lowest BCUT2D eigenvalue weighted by Crippen LogP contribution is -2.44. The molecule has 0 aliphatic rings. The quantitative estimate of drug-likeness (QED) is 0.429. The summed E-state index contributed by atoms with van der Waals surface area (Å²) in [5.74, 6) is 0.953. The highest BCUT2D eigenvalue weighted by atomic mass is 28.4. The van der Waals surface area contributed by atoms with Gasteiger partial charge < -0.3 is 4.43 Å². The normalized spacial score (nSPS) is 13.3. The lowest BCUT2D eigenvalue weighted by atomic mass is 10.1. The smallest absolute Gasteiger partial charge is 0.250 e. The Morgan fingerprint density at radius 2 is 1.95 bits per heavy atom. The second kappa shape index (κ2) is 6.89. The molecule has 0 saturated carbocycles. The molecule has 2 nitrogen and oxygen atoms in total. The van der Waals surface area contributed by atoms with Gasteiger partial charge in [-0.15, -0.1) is 0 Å². The second-order valence-electron chi connectivity index (χ2n) is 6.53.